The van der Waals surface area contributed by atoms with Gasteiger partial charge in [0.1, 0.15) is 6.61 Å². The minimum Gasteiger partial charge on any atom is -0.490 e. The Bertz CT molecular complexity index is 528. The Balaban J connectivity index is 1.70. The molecule has 20 heavy (non-hydrogen) atoms. The average Bonchev–Trinajstić information content (AvgIpc) is 2.86. The summed E-state index contributed by atoms with van der Waals surface area (Å²) in [7, 11) is 0. The van der Waals surface area contributed by atoms with Gasteiger partial charge in [0.05, 0.1) is 13.2 Å². The molecule has 0 amide bonds. The third kappa shape index (κ3) is 4.24. The molecule has 1 aromatic carbocycles. The fourth-order valence-corrected chi connectivity index (χ4v) is 1.69. The fraction of sp³-hybridized carbons (Fsp3) is 0.429. The largest absolute Gasteiger partial charge is 0.490 e. The summed E-state index contributed by atoms with van der Waals surface area (Å²) in [5.74, 6) is 2.75. The van der Waals surface area contributed by atoms with E-state index < -0.39 is 0 Å². The smallest absolute Gasteiger partial charge is 0.223 e. The van der Waals surface area contributed by atoms with E-state index in [-0.39, 0.29) is 0 Å². The van der Waals surface area contributed by atoms with E-state index in [1.807, 2.05) is 31.2 Å². The number of nitrogens with one attached hydrogen (secondary N) is 1. The van der Waals surface area contributed by atoms with Gasteiger partial charge in [-0.3, -0.25) is 0 Å². The standard InChI is InChI=1S/C14H19N3O3/c1-3-18-12-6-4-5-7-13(12)19-9-8-15-10-14-16-11(2)20-17-14/h4-7,15H,3,8-10H2,1-2H3. The number of benzene rings is 1. The van der Waals surface area contributed by atoms with Crippen molar-refractivity contribution >= 4 is 0 Å². The zero-order valence-electron chi connectivity index (χ0n) is 11.8. The lowest BCUT2D eigenvalue weighted by Crippen LogP contribution is -2.21. The Labute approximate surface area is 118 Å². The van der Waals surface area contributed by atoms with Crippen LogP contribution in [0, 0.1) is 6.92 Å². The molecule has 1 heterocycles. The Hall–Kier alpha value is -2.08. The highest BCUT2D eigenvalue weighted by Gasteiger charge is 2.04. The molecule has 108 valence electrons. The van der Waals surface area contributed by atoms with Gasteiger partial charge in [-0.05, 0) is 19.1 Å². The van der Waals surface area contributed by atoms with Gasteiger partial charge in [-0.2, -0.15) is 4.98 Å². The van der Waals surface area contributed by atoms with Gasteiger partial charge < -0.3 is 19.3 Å². The molecule has 2 aromatic rings. The van der Waals surface area contributed by atoms with Crippen LogP contribution in [0.25, 0.3) is 0 Å². The molecule has 6 nitrogen and oxygen atoms in total. The maximum atomic E-state index is 5.68. The zero-order chi connectivity index (χ0) is 14.2. The van der Waals surface area contributed by atoms with Crippen LogP contribution in [0.1, 0.15) is 18.6 Å². The topological polar surface area (TPSA) is 69.4 Å². The first kappa shape index (κ1) is 14.3. The summed E-state index contributed by atoms with van der Waals surface area (Å²) in [6.07, 6.45) is 0. The van der Waals surface area contributed by atoms with E-state index in [0.29, 0.717) is 38.0 Å². The Morgan fingerprint density at radius 2 is 1.95 bits per heavy atom. The summed E-state index contributed by atoms with van der Waals surface area (Å²) in [6, 6.07) is 7.64. The predicted molar refractivity (Wildman–Crippen MR) is 73.8 cm³/mol. The summed E-state index contributed by atoms with van der Waals surface area (Å²) in [6.45, 7) is 6.13. The van der Waals surface area contributed by atoms with E-state index in [4.69, 9.17) is 14.0 Å². The van der Waals surface area contributed by atoms with Crippen molar-refractivity contribution in [3.63, 3.8) is 0 Å². The van der Waals surface area contributed by atoms with Crippen molar-refractivity contribution in [1.82, 2.24) is 15.5 Å². The van der Waals surface area contributed by atoms with Crippen molar-refractivity contribution in [2.75, 3.05) is 19.8 Å². The number of rotatable bonds is 8. The van der Waals surface area contributed by atoms with Crippen LogP contribution in [0.5, 0.6) is 11.5 Å². The summed E-state index contributed by atoms with van der Waals surface area (Å²) < 4.78 is 16.1. The summed E-state index contributed by atoms with van der Waals surface area (Å²) in [5, 5.41) is 6.99. The van der Waals surface area contributed by atoms with Crippen LogP contribution in [0.4, 0.5) is 0 Å². The number of hydrogen-bond acceptors (Lipinski definition) is 6. The number of hydrogen-bond donors (Lipinski definition) is 1. The van der Waals surface area contributed by atoms with Gasteiger partial charge in [-0.1, -0.05) is 17.3 Å². The molecular weight excluding hydrogens is 258 g/mol. The molecule has 0 atom stereocenters. The van der Waals surface area contributed by atoms with Gasteiger partial charge in [-0.25, -0.2) is 0 Å². The molecule has 0 saturated carbocycles. The van der Waals surface area contributed by atoms with E-state index in [1.165, 1.54) is 0 Å². The molecule has 1 aromatic heterocycles. The van der Waals surface area contributed by atoms with Crippen molar-refractivity contribution in [1.29, 1.82) is 0 Å². The lowest BCUT2D eigenvalue weighted by atomic mass is 10.3. The minimum atomic E-state index is 0.543. The predicted octanol–water partition coefficient (Wildman–Crippen LogP) is 1.95. The van der Waals surface area contributed by atoms with Crippen LogP contribution >= 0.6 is 0 Å². The fourth-order valence-electron chi connectivity index (χ4n) is 1.69. The van der Waals surface area contributed by atoms with E-state index in [2.05, 4.69) is 15.5 Å². The molecule has 0 unspecified atom stereocenters. The number of ether oxygens (including phenoxy) is 2. The molecule has 0 bridgehead atoms. The number of aryl methyl sites for hydroxylation is 1. The van der Waals surface area contributed by atoms with Crippen LogP contribution in [0.2, 0.25) is 0 Å². The third-order valence-electron chi connectivity index (χ3n) is 2.54. The molecular formula is C14H19N3O3. The zero-order valence-corrected chi connectivity index (χ0v) is 11.8. The van der Waals surface area contributed by atoms with E-state index >= 15 is 0 Å². The number of nitrogens with zero attached hydrogens (tertiary/aromatic N) is 2. The maximum Gasteiger partial charge on any atom is 0.223 e. The Morgan fingerprint density at radius 3 is 2.60 bits per heavy atom. The monoisotopic (exact) mass is 277 g/mol. The first-order valence-corrected chi connectivity index (χ1v) is 6.64. The molecule has 0 aliphatic carbocycles. The number of para-hydroxylation sites is 2. The van der Waals surface area contributed by atoms with Crippen LogP contribution < -0.4 is 14.8 Å². The van der Waals surface area contributed by atoms with Crippen LogP contribution in [0.15, 0.2) is 28.8 Å². The Kier molecular flexibility index (Phi) is 5.37. The Morgan fingerprint density at radius 1 is 1.20 bits per heavy atom. The van der Waals surface area contributed by atoms with Gasteiger partial charge >= 0.3 is 0 Å². The second-order valence-electron chi connectivity index (χ2n) is 4.13. The summed E-state index contributed by atoms with van der Waals surface area (Å²) in [5.41, 5.74) is 0. The second kappa shape index (κ2) is 7.49. The molecule has 6 heteroatoms. The van der Waals surface area contributed by atoms with Gasteiger partial charge in [0.15, 0.2) is 17.3 Å². The van der Waals surface area contributed by atoms with Gasteiger partial charge in [0.25, 0.3) is 0 Å². The highest BCUT2D eigenvalue weighted by Crippen LogP contribution is 2.25. The van der Waals surface area contributed by atoms with Crippen molar-refractivity contribution in [3.8, 4) is 11.5 Å². The van der Waals surface area contributed by atoms with E-state index in [0.717, 1.165) is 11.5 Å². The van der Waals surface area contributed by atoms with E-state index in [9.17, 15) is 0 Å². The maximum absolute atomic E-state index is 5.68. The van der Waals surface area contributed by atoms with Crippen LogP contribution in [0.3, 0.4) is 0 Å². The lowest BCUT2D eigenvalue weighted by Gasteiger charge is -2.11. The molecule has 2 rings (SSSR count). The summed E-state index contributed by atoms with van der Waals surface area (Å²) >= 11 is 0. The first-order chi connectivity index (χ1) is 9.79. The lowest BCUT2D eigenvalue weighted by molar-refractivity contribution is 0.275. The second-order valence-corrected chi connectivity index (χ2v) is 4.13. The third-order valence-corrected chi connectivity index (χ3v) is 2.54. The molecule has 0 radical (unpaired) electrons. The average molecular weight is 277 g/mol. The van der Waals surface area contributed by atoms with Gasteiger partial charge in [0.2, 0.25) is 5.89 Å². The highest BCUT2D eigenvalue weighted by atomic mass is 16.5. The van der Waals surface area contributed by atoms with Crippen LogP contribution in [-0.4, -0.2) is 29.9 Å². The molecule has 0 aliphatic heterocycles. The number of aromatic nitrogens is 2. The van der Waals surface area contributed by atoms with Gasteiger partial charge in [-0.15, -0.1) is 0 Å². The van der Waals surface area contributed by atoms with Crippen molar-refractivity contribution in [2.45, 2.75) is 20.4 Å². The minimum absolute atomic E-state index is 0.543. The summed E-state index contributed by atoms with van der Waals surface area (Å²) in [4.78, 5) is 4.10. The highest BCUT2D eigenvalue weighted by molar-refractivity contribution is 5.39. The molecule has 0 spiro atoms. The quantitative estimate of drug-likeness (QED) is 0.744. The van der Waals surface area contributed by atoms with Crippen LogP contribution in [-0.2, 0) is 6.54 Å². The normalized spacial score (nSPS) is 10.5. The SMILES string of the molecule is CCOc1ccccc1OCCNCc1noc(C)n1. The molecule has 0 fully saturated rings. The molecule has 0 saturated heterocycles. The first-order valence-electron chi connectivity index (χ1n) is 6.64. The van der Waals surface area contributed by atoms with E-state index in [1.54, 1.807) is 6.92 Å². The molecule has 0 aliphatic rings. The van der Waals surface area contributed by atoms with Crippen molar-refractivity contribution < 1.29 is 14.0 Å². The van der Waals surface area contributed by atoms with Crippen molar-refractivity contribution in [2.24, 2.45) is 0 Å². The van der Waals surface area contributed by atoms with Gasteiger partial charge in [0, 0.05) is 13.5 Å². The van der Waals surface area contributed by atoms with Crippen molar-refractivity contribution in [3.05, 3.63) is 36.0 Å². The molecule has 1 N–H and O–H groups in total.